The number of aliphatic hydroxyl groups excluding tert-OH is 1. The lowest BCUT2D eigenvalue weighted by molar-refractivity contribution is -0.122. The predicted molar refractivity (Wildman–Crippen MR) is 181 cm³/mol. The summed E-state index contributed by atoms with van der Waals surface area (Å²) in [5.74, 6) is 0.576. The van der Waals surface area contributed by atoms with Crippen LogP contribution in [-0.2, 0) is 16.0 Å². The van der Waals surface area contributed by atoms with E-state index in [0.717, 1.165) is 41.9 Å². The van der Waals surface area contributed by atoms with Crippen molar-refractivity contribution in [1.82, 2.24) is 9.80 Å². The number of thioether (sulfide) groups is 1. The van der Waals surface area contributed by atoms with Gasteiger partial charge in [0.05, 0.1) is 37.4 Å². The number of morpholine rings is 1. The van der Waals surface area contributed by atoms with E-state index in [1.54, 1.807) is 36.3 Å². The zero-order valence-corrected chi connectivity index (χ0v) is 27.1. The van der Waals surface area contributed by atoms with Crippen molar-refractivity contribution >= 4 is 46.3 Å². The standard InChI is InChI=1S/C34H36N2O8S2/c1-41-29-9-7-26(22-30(29)44-19-15-37)27-20-24(4-8-28(27)43-18-14-35-12-16-42-17-13-35)21-31-32(38)36(34(45)46-31)11-10-23-2-5-25(6-3-23)33(39)40/h2-9,20-22,37H,10-19H2,1H3,(H,39,40)/b31-21-. The third-order valence-corrected chi connectivity index (χ3v) is 8.97. The molecule has 0 unspecified atom stereocenters. The van der Waals surface area contributed by atoms with Crippen molar-refractivity contribution in [2.24, 2.45) is 0 Å². The van der Waals surface area contributed by atoms with Gasteiger partial charge in [0, 0.05) is 31.7 Å². The Kier molecular flexibility index (Phi) is 11.7. The van der Waals surface area contributed by atoms with Crippen LogP contribution in [-0.4, -0.2) is 103 Å². The second-order valence-electron chi connectivity index (χ2n) is 10.6. The second kappa shape index (κ2) is 16.1. The summed E-state index contributed by atoms with van der Waals surface area (Å²) in [6.45, 7) is 4.81. The van der Waals surface area contributed by atoms with Crippen molar-refractivity contribution < 1.29 is 38.7 Å². The van der Waals surface area contributed by atoms with Crippen LogP contribution < -0.4 is 14.2 Å². The molecule has 2 fully saturated rings. The molecular weight excluding hydrogens is 629 g/mol. The van der Waals surface area contributed by atoms with Crippen LogP contribution in [0, 0.1) is 0 Å². The second-order valence-corrected chi connectivity index (χ2v) is 12.3. The van der Waals surface area contributed by atoms with E-state index in [0.29, 0.717) is 59.3 Å². The third-order valence-electron chi connectivity index (χ3n) is 7.59. The van der Waals surface area contributed by atoms with E-state index in [2.05, 4.69) is 4.90 Å². The molecule has 0 saturated carbocycles. The number of nitrogens with zero attached hydrogens (tertiary/aromatic N) is 2. The normalized spacial score (nSPS) is 16.2. The van der Waals surface area contributed by atoms with E-state index in [-0.39, 0.29) is 24.7 Å². The summed E-state index contributed by atoms with van der Waals surface area (Å²) >= 11 is 6.81. The molecule has 5 rings (SSSR count). The van der Waals surface area contributed by atoms with Gasteiger partial charge in [0.2, 0.25) is 0 Å². The lowest BCUT2D eigenvalue weighted by atomic mass is 10.0. The Hall–Kier alpha value is -3.94. The average molecular weight is 665 g/mol. The topological polar surface area (TPSA) is 118 Å². The number of ether oxygens (including phenoxy) is 4. The first-order valence-electron chi connectivity index (χ1n) is 14.9. The van der Waals surface area contributed by atoms with Crippen LogP contribution >= 0.6 is 24.0 Å². The number of carbonyl (C=O) groups is 2. The first-order chi connectivity index (χ1) is 22.4. The SMILES string of the molecule is COc1ccc(-c2cc(/C=C3\SC(=S)N(CCc4ccc(C(=O)O)cc4)C3=O)ccc2OCCN2CCOCC2)cc1OCCO. The van der Waals surface area contributed by atoms with Gasteiger partial charge in [-0.1, -0.05) is 48.2 Å². The Bertz CT molecular complexity index is 1590. The molecule has 0 aromatic heterocycles. The molecule has 0 spiro atoms. The molecule has 46 heavy (non-hydrogen) atoms. The molecule has 242 valence electrons. The Morgan fingerprint density at radius 2 is 1.72 bits per heavy atom. The highest BCUT2D eigenvalue weighted by Gasteiger charge is 2.31. The Balaban J connectivity index is 1.36. The minimum atomic E-state index is -0.980. The molecule has 2 N–H and O–H groups in total. The maximum atomic E-state index is 13.4. The average Bonchev–Trinajstić information content (AvgIpc) is 3.34. The summed E-state index contributed by atoms with van der Waals surface area (Å²) < 4.78 is 23.4. The van der Waals surface area contributed by atoms with Crippen LogP contribution in [0.3, 0.4) is 0 Å². The van der Waals surface area contributed by atoms with Crippen LogP contribution in [0.1, 0.15) is 21.5 Å². The molecule has 10 nitrogen and oxygen atoms in total. The molecule has 1 amide bonds. The molecule has 3 aromatic rings. The fourth-order valence-corrected chi connectivity index (χ4v) is 6.42. The van der Waals surface area contributed by atoms with Crippen molar-refractivity contribution in [2.75, 3.05) is 66.3 Å². The summed E-state index contributed by atoms with van der Waals surface area (Å²) in [6, 6.07) is 18.0. The highest BCUT2D eigenvalue weighted by atomic mass is 32.2. The lowest BCUT2D eigenvalue weighted by Gasteiger charge is -2.26. The largest absolute Gasteiger partial charge is 0.493 e. The highest BCUT2D eigenvalue weighted by Crippen LogP contribution is 2.39. The molecule has 2 aliphatic rings. The molecular formula is C34H36N2O8S2. The molecule has 0 bridgehead atoms. The number of amides is 1. The molecule has 2 aliphatic heterocycles. The number of hydrogen-bond donors (Lipinski definition) is 2. The highest BCUT2D eigenvalue weighted by molar-refractivity contribution is 8.26. The number of carbonyl (C=O) groups excluding carboxylic acids is 1. The van der Waals surface area contributed by atoms with Gasteiger partial charge < -0.3 is 29.2 Å². The minimum absolute atomic E-state index is 0.123. The molecule has 2 heterocycles. The quantitative estimate of drug-likeness (QED) is 0.186. The van der Waals surface area contributed by atoms with Crippen LogP contribution in [0.15, 0.2) is 65.6 Å². The van der Waals surface area contributed by atoms with E-state index >= 15 is 0 Å². The number of hydrogen-bond acceptors (Lipinski definition) is 10. The fourth-order valence-electron chi connectivity index (χ4n) is 5.11. The van der Waals surface area contributed by atoms with Crippen LogP contribution in [0.25, 0.3) is 17.2 Å². The van der Waals surface area contributed by atoms with E-state index < -0.39 is 5.97 Å². The van der Waals surface area contributed by atoms with Crippen molar-refractivity contribution in [3.63, 3.8) is 0 Å². The molecule has 3 aromatic carbocycles. The first kappa shape index (κ1) is 33.4. The third kappa shape index (κ3) is 8.45. The predicted octanol–water partition coefficient (Wildman–Crippen LogP) is 4.59. The smallest absolute Gasteiger partial charge is 0.335 e. The number of carboxylic acid groups (broad SMARTS) is 1. The van der Waals surface area contributed by atoms with Gasteiger partial charge in [-0.15, -0.1) is 0 Å². The molecule has 0 atom stereocenters. The summed E-state index contributed by atoms with van der Waals surface area (Å²) in [4.78, 5) is 28.9. The summed E-state index contributed by atoms with van der Waals surface area (Å²) in [5, 5.41) is 18.4. The van der Waals surface area contributed by atoms with Crippen molar-refractivity contribution in [2.45, 2.75) is 6.42 Å². The maximum absolute atomic E-state index is 13.4. The zero-order valence-electron chi connectivity index (χ0n) is 25.5. The number of thiocarbonyl (C=S) groups is 1. The molecule has 0 radical (unpaired) electrons. The Morgan fingerprint density at radius 3 is 2.43 bits per heavy atom. The molecule has 2 saturated heterocycles. The lowest BCUT2D eigenvalue weighted by Crippen LogP contribution is -2.38. The number of benzene rings is 3. The summed E-state index contributed by atoms with van der Waals surface area (Å²) in [6.07, 6.45) is 2.37. The van der Waals surface area contributed by atoms with Crippen molar-refractivity contribution in [3.8, 4) is 28.4 Å². The maximum Gasteiger partial charge on any atom is 0.335 e. The van der Waals surface area contributed by atoms with Gasteiger partial charge in [0.15, 0.2) is 11.5 Å². The number of methoxy groups -OCH3 is 1. The van der Waals surface area contributed by atoms with Crippen molar-refractivity contribution in [1.29, 1.82) is 0 Å². The van der Waals surface area contributed by atoms with Gasteiger partial charge in [-0.2, -0.15) is 0 Å². The number of aromatic carboxylic acids is 1. The zero-order chi connectivity index (χ0) is 32.5. The van der Waals surface area contributed by atoms with Crippen LogP contribution in [0.4, 0.5) is 0 Å². The number of carboxylic acids is 1. The van der Waals surface area contributed by atoms with Gasteiger partial charge >= 0.3 is 5.97 Å². The minimum Gasteiger partial charge on any atom is -0.493 e. The fraction of sp³-hybridized carbons (Fsp3) is 0.324. The van der Waals surface area contributed by atoms with E-state index in [1.807, 2.05) is 42.5 Å². The number of rotatable bonds is 14. The van der Waals surface area contributed by atoms with Crippen LogP contribution in [0.5, 0.6) is 17.2 Å². The van der Waals surface area contributed by atoms with Crippen molar-refractivity contribution in [3.05, 3.63) is 82.3 Å². The summed E-state index contributed by atoms with van der Waals surface area (Å²) in [5.41, 5.74) is 3.57. The Labute approximate surface area is 277 Å². The number of aliphatic hydroxyl groups is 1. The Morgan fingerprint density at radius 1 is 0.978 bits per heavy atom. The monoisotopic (exact) mass is 664 g/mol. The van der Waals surface area contributed by atoms with Crippen LogP contribution in [0.2, 0.25) is 0 Å². The van der Waals surface area contributed by atoms with E-state index in [4.69, 9.17) is 36.3 Å². The first-order valence-corrected chi connectivity index (χ1v) is 16.2. The van der Waals surface area contributed by atoms with Gasteiger partial charge in [-0.3, -0.25) is 14.6 Å². The van der Waals surface area contributed by atoms with Gasteiger partial charge in [-0.05, 0) is 65.6 Å². The summed E-state index contributed by atoms with van der Waals surface area (Å²) in [7, 11) is 1.56. The molecule has 0 aliphatic carbocycles. The van der Waals surface area contributed by atoms with Gasteiger partial charge in [-0.25, -0.2) is 4.79 Å². The van der Waals surface area contributed by atoms with Gasteiger partial charge in [0.1, 0.15) is 23.3 Å². The van der Waals surface area contributed by atoms with Gasteiger partial charge in [0.25, 0.3) is 5.91 Å². The van der Waals surface area contributed by atoms with E-state index in [9.17, 15) is 14.7 Å². The van der Waals surface area contributed by atoms with E-state index in [1.165, 1.54) is 11.8 Å². The molecule has 12 heteroatoms.